The van der Waals surface area contributed by atoms with Crippen molar-refractivity contribution in [3.8, 4) is 0 Å². The molecule has 0 amide bonds. The zero-order valence-corrected chi connectivity index (χ0v) is 16.0. The van der Waals surface area contributed by atoms with E-state index in [-0.39, 0.29) is 5.56 Å². The number of hydrogen-bond acceptors (Lipinski definition) is 3. The lowest BCUT2D eigenvalue weighted by molar-refractivity contribution is -0.113. The van der Waals surface area contributed by atoms with Gasteiger partial charge in [0.2, 0.25) is 0 Å². The molecule has 1 N–H and O–H groups in total. The molecule has 1 heterocycles. The molecule has 0 unspecified atom stereocenters. The Morgan fingerprint density at radius 1 is 0.963 bits per heavy atom. The minimum atomic E-state index is -0.565. The summed E-state index contributed by atoms with van der Waals surface area (Å²) >= 11 is 17.7. The molecule has 3 rings (SSSR count). The third-order valence-corrected chi connectivity index (χ3v) is 4.65. The highest BCUT2D eigenvalue weighted by molar-refractivity contribution is 6.35. The van der Waals surface area contributed by atoms with E-state index < -0.39 is 23.5 Å². The molecular weight excluding hydrogens is 409 g/mol. The summed E-state index contributed by atoms with van der Waals surface area (Å²) in [6.45, 7) is 0. The number of rotatable bonds is 5. The van der Waals surface area contributed by atoms with Crippen LogP contribution < -0.4 is 5.56 Å². The van der Waals surface area contributed by atoms with Crippen molar-refractivity contribution in [3.63, 3.8) is 0 Å². The van der Waals surface area contributed by atoms with Gasteiger partial charge in [-0.05, 0) is 53.4 Å². The Kier molecular flexibility index (Phi) is 5.80. The number of carbonyl (C=O) groups is 2. The van der Waals surface area contributed by atoms with E-state index >= 15 is 0 Å². The standard InChI is InChI=1S/C20H12Cl3NO3/c21-13-4-1-11(17(23)8-13)3-6-15(25)10-19(26)16-7-12-2-5-14(22)9-18(12)24-20(16)27/h1-9H,10H2,(H,24,27)/b6-3-. The Balaban J connectivity index is 1.78. The summed E-state index contributed by atoms with van der Waals surface area (Å²) in [5.41, 5.74) is 0.485. The minimum Gasteiger partial charge on any atom is -0.321 e. The predicted octanol–water partition coefficient (Wildman–Crippen LogP) is 5.34. The lowest BCUT2D eigenvalue weighted by atomic mass is 10.0. The smallest absolute Gasteiger partial charge is 0.259 e. The monoisotopic (exact) mass is 419 g/mol. The van der Waals surface area contributed by atoms with Gasteiger partial charge in [0.25, 0.3) is 5.56 Å². The number of aromatic amines is 1. The Labute approximate surface area is 169 Å². The number of hydrogen-bond donors (Lipinski definition) is 1. The predicted molar refractivity (Wildman–Crippen MR) is 109 cm³/mol. The van der Waals surface area contributed by atoms with E-state index in [1.54, 1.807) is 36.4 Å². The highest BCUT2D eigenvalue weighted by atomic mass is 35.5. The maximum absolute atomic E-state index is 12.4. The Morgan fingerprint density at radius 2 is 1.67 bits per heavy atom. The van der Waals surface area contributed by atoms with E-state index in [1.807, 2.05) is 0 Å². The third kappa shape index (κ3) is 4.66. The molecule has 3 aromatic rings. The SMILES string of the molecule is O=C(/C=C\c1ccc(Cl)cc1Cl)CC(=O)c1cc2ccc(Cl)cc2[nH]c1=O. The Morgan fingerprint density at radius 3 is 2.41 bits per heavy atom. The number of fused-ring (bicyclic) bond motifs is 1. The lowest BCUT2D eigenvalue weighted by Crippen LogP contribution is -2.19. The first-order chi connectivity index (χ1) is 12.8. The molecule has 0 aliphatic rings. The maximum Gasteiger partial charge on any atom is 0.259 e. The quantitative estimate of drug-likeness (QED) is 0.344. The van der Waals surface area contributed by atoms with Crippen molar-refractivity contribution in [2.75, 3.05) is 0 Å². The Bertz CT molecular complexity index is 1150. The zero-order chi connectivity index (χ0) is 19.6. The first kappa shape index (κ1) is 19.4. The van der Waals surface area contributed by atoms with Crippen LogP contribution in [0, 0.1) is 0 Å². The third-order valence-electron chi connectivity index (χ3n) is 3.85. The second-order valence-corrected chi connectivity index (χ2v) is 7.09. The summed E-state index contributed by atoms with van der Waals surface area (Å²) in [5, 5.41) is 2.00. The van der Waals surface area contributed by atoms with Gasteiger partial charge in [-0.1, -0.05) is 46.9 Å². The number of benzene rings is 2. The molecule has 0 spiro atoms. The zero-order valence-electron chi connectivity index (χ0n) is 13.8. The molecular formula is C20H12Cl3NO3. The lowest BCUT2D eigenvalue weighted by Gasteiger charge is -2.03. The Hall–Kier alpha value is -2.40. The second kappa shape index (κ2) is 8.09. The number of aromatic nitrogens is 1. The van der Waals surface area contributed by atoms with Gasteiger partial charge in [-0.2, -0.15) is 0 Å². The minimum absolute atomic E-state index is 0.0731. The fourth-order valence-corrected chi connectivity index (χ4v) is 3.16. The molecule has 2 aromatic carbocycles. The van der Waals surface area contributed by atoms with E-state index in [4.69, 9.17) is 34.8 Å². The molecule has 0 fully saturated rings. The molecule has 136 valence electrons. The van der Waals surface area contributed by atoms with Crippen molar-refractivity contribution in [2.24, 2.45) is 0 Å². The number of Topliss-reactive ketones (excluding diaryl/α,β-unsaturated/α-hetero) is 1. The van der Waals surface area contributed by atoms with Gasteiger partial charge in [0.05, 0.1) is 12.0 Å². The first-order valence-corrected chi connectivity index (χ1v) is 8.98. The molecule has 0 bridgehead atoms. The molecule has 0 aliphatic carbocycles. The molecule has 0 atom stereocenters. The van der Waals surface area contributed by atoms with Crippen molar-refractivity contribution in [1.29, 1.82) is 0 Å². The molecule has 0 aliphatic heterocycles. The topological polar surface area (TPSA) is 67.0 Å². The van der Waals surface area contributed by atoms with Crippen LogP contribution in [0.4, 0.5) is 0 Å². The highest BCUT2D eigenvalue weighted by Gasteiger charge is 2.15. The molecule has 1 aromatic heterocycles. The van der Waals surface area contributed by atoms with Crippen molar-refractivity contribution in [1.82, 2.24) is 4.98 Å². The van der Waals surface area contributed by atoms with Crippen molar-refractivity contribution >= 4 is 63.3 Å². The first-order valence-electron chi connectivity index (χ1n) is 7.85. The van der Waals surface area contributed by atoms with E-state index in [0.717, 1.165) is 0 Å². The highest BCUT2D eigenvalue weighted by Crippen LogP contribution is 2.22. The van der Waals surface area contributed by atoms with Crippen LogP contribution >= 0.6 is 34.8 Å². The van der Waals surface area contributed by atoms with Gasteiger partial charge in [0.1, 0.15) is 0 Å². The van der Waals surface area contributed by atoms with Gasteiger partial charge in [0.15, 0.2) is 11.6 Å². The normalized spacial score (nSPS) is 11.2. The maximum atomic E-state index is 12.4. The van der Waals surface area contributed by atoms with Crippen LogP contribution in [0.1, 0.15) is 22.3 Å². The molecule has 0 saturated carbocycles. The molecule has 4 nitrogen and oxygen atoms in total. The van der Waals surface area contributed by atoms with Crippen LogP contribution in [0.2, 0.25) is 15.1 Å². The second-order valence-electron chi connectivity index (χ2n) is 5.81. The van der Waals surface area contributed by atoms with Crippen LogP contribution in [0.3, 0.4) is 0 Å². The number of halogens is 3. The fourth-order valence-electron chi connectivity index (χ4n) is 2.51. The fraction of sp³-hybridized carbons (Fsp3) is 0.0500. The van der Waals surface area contributed by atoms with Gasteiger partial charge in [0, 0.05) is 20.6 Å². The average Bonchev–Trinajstić information content (AvgIpc) is 2.60. The molecule has 7 heteroatoms. The van der Waals surface area contributed by atoms with E-state index in [2.05, 4.69) is 4.98 Å². The van der Waals surface area contributed by atoms with Crippen LogP contribution in [0.25, 0.3) is 17.0 Å². The summed E-state index contributed by atoms with van der Waals surface area (Å²) in [4.78, 5) is 39.2. The van der Waals surface area contributed by atoms with Gasteiger partial charge in [-0.3, -0.25) is 14.4 Å². The number of allylic oxidation sites excluding steroid dienone is 1. The van der Waals surface area contributed by atoms with Gasteiger partial charge < -0.3 is 4.98 Å². The molecule has 27 heavy (non-hydrogen) atoms. The van der Waals surface area contributed by atoms with Crippen LogP contribution in [-0.4, -0.2) is 16.6 Å². The van der Waals surface area contributed by atoms with Crippen molar-refractivity contribution in [2.45, 2.75) is 6.42 Å². The number of carbonyl (C=O) groups excluding carboxylic acids is 2. The largest absolute Gasteiger partial charge is 0.321 e. The summed E-state index contributed by atoms with van der Waals surface area (Å²) < 4.78 is 0. The van der Waals surface area contributed by atoms with Gasteiger partial charge >= 0.3 is 0 Å². The molecule has 0 radical (unpaired) electrons. The molecule has 0 saturated heterocycles. The van der Waals surface area contributed by atoms with Crippen LogP contribution in [0.5, 0.6) is 0 Å². The number of pyridine rings is 1. The van der Waals surface area contributed by atoms with Crippen LogP contribution in [-0.2, 0) is 4.79 Å². The van der Waals surface area contributed by atoms with Crippen molar-refractivity contribution < 1.29 is 9.59 Å². The van der Waals surface area contributed by atoms with E-state index in [0.29, 0.717) is 31.5 Å². The average molecular weight is 421 g/mol. The summed E-state index contributed by atoms with van der Waals surface area (Å²) in [7, 11) is 0. The summed E-state index contributed by atoms with van der Waals surface area (Å²) in [6, 6.07) is 11.3. The number of ketones is 2. The summed E-state index contributed by atoms with van der Waals surface area (Å²) in [5.74, 6) is -1.01. The number of H-pyrrole nitrogens is 1. The van der Waals surface area contributed by atoms with E-state index in [1.165, 1.54) is 18.2 Å². The summed E-state index contributed by atoms with van der Waals surface area (Å²) in [6.07, 6.45) is 2.33. The van der Waals surface area contributed by atoms with Crippen LogP contribution in [0.15, 0.2) is 53.3 Å². The number of nitrogens with one attached hydrogen (secondary N) is 1. The van der Waals surface area contributed by atoms with Gasteiger partial charge in [-0.15, -0.1) is 0 Å². The van der Waals surface area contributed by atoms with E-state index in [9.17, 15) is 14.4 Å². The van der Waals surface area contributed by atoms with Gasteiger partial charge in [-0.25, -0.2) is 0 Å². The van der Waals surface area contributed by atoms with Crippen molar-refractivity contribution in [3.05, 3.63) is 85.1 Å².